The third-order valence-corrected chi connectivity index (χ3v) is 2.57. The summed E-state index contributed by atoms with van der Waals surface area (Å²) in [6, 6.07) is 3.02. The van der Waals surface area contributed by atoms with Crippen molar-refractivity contribution in [3.05, 3.63) is 42.9 Å². The van der Waals surface area contributed by atoms with Gasteiger partial charge in [0, 0.05) is 38.7 Å². The highest BCUT2D eigenvalue weighted by Crippen LogP contribution is 2.13. The van der Waals surface area contributed by atoms with Gasteiger partial charge in [-0.25, -0.2) is 14.4 Å². The minimum Gasteiger partial charge on any atom is -0.357 e. The number of pyridine rings is 1. The summed E-state index contributed by atoms with van der Waals surface area (Å²) in [5.41, 5.74) is 0. The van der Waals surface area contributed by atoms with E-state index in [0.717, 1.165) is 19.5 Å². The molecule has 0 saturated heterocycles. The minimum atomic E-state index is -0.280. The molecule has 17 heavy (non-hydrogen) atoms. The van der Waals surface area contributed by atoms with Crippen molar-refractivity contribution < 1.29 is 4.39 Å². The van der Waals surface area contributed by atoms with Crippen LogP contribution in [0.1, 0.15) is 6.42 Å². The average molecular weight is 234 g/mol. The van der Waals surface area contributed by atoms with E-state index in [1.54, 1.807) is 24.8 Å². The van der Waals surface area contributed by atoms with Gasteiger partial charge < -0.3 is 9.47 Å². The van der Waals surface area contributed by atoms with Crippen LogP contribution in [-0.2, 0) is 6.54 Å². The molecule has 0 fully saturated rings. The first-order valence-corrected chi connectivity index (χ1v) is 5.55. The standard InChI is InChI=1S/C12H15FN4/c1-16(12-11(13)4-2-5-15-12)7-3-8-17-9-6-14-10-17/h2,4-6,9-10H,3,7-8H2,1H3. The number of aryl methyl sites for hydroxylation is 1. The molecule has 2 heterocycles. The van der Waals surface area contributed by atoms with Gasteiger partial charge in [0.05, 0.1) is 6.33 Å². The van der Waals surface area contributed by atoms with Crippen molar-refractivity contribution in [2.45, 2.75) is 13.0 Å². The maximum atomic E-state index is 13.4. The number of rotatable bonds is 5. The second-order valence-corrected chi connectivity index (χ2v) is 3.88. The third-order valence-electron chi connectivity index (χ3n) is 2.57. The number of aromatic nitrogens is 3. The zero-order valence-electron chi connectivity index (χ0n) is 9.75. The second kappa shape index (κ2) is 5.43. The maximum Gasteiger partial charge on any atom is 0.165 e. The summed E-state index contributed by atoms with van der Waals surface area (Å²) in [6.45, 7) is 1.63. The van der Waals surface area contributed by atoms with Gasteiger partial charge in [-0.2, -0.15) is 0 Å². The van der Waals surface area contributed by atoms with E-state index in [4.69, 9.17) is 0 Å². The van der Waals surface area contributed by atoms with Crippen LogP contribution in [0.5, 0.6) is 0 Å². The summed E-state index contributed by atoms with van der Waals surface area (Å²) in [6.07, 6.45) is 7.97. The van der Waals surface area contributed by atoms with Gasteiger partial charge in [-0.15, -0.1) is 0 Å². The van der Waals surface area contributed by atoms with Gasteiger partial charge in [0.15, 0.2) is 11.6 Å². The van der Waals surface area contributed by atoms with Crippen LogP contribution in [0.15, 0.2) is 37.1 Å². The highest BCUT2D eigenvalue weighted by molar-refractivity contribution is 5.38. The summed E-state index contributed by atoms with van der Waals surface area (Å²) in [7, 11) is 1.85. The molecule has 0 amide bonds. The third kappa shape index (κ3) is 3.03. The van der Waals surface area contributed by atoms with E-state index in [-0.39, 0.29) is 5.82 Å². The first-order chi connectivity index (χ1) is 8.27. The Morgan fingerprint density at radius 1 is 1.41 bits per heavy atom. The Balaban J connectivity index is 1.85. The van der Waals surface area contributed by atoms with E-state index in [1.807, 2.05) is 22.7 Å². The molecule has 2 aromatic rings. The van der Waals surface area contributed by atoms with E-state index < -0.39 is 0 Å². The van der Waals surface area contributed by atoms with Crippen LogP contribution < -0.4 is 4.90 Å². The first-order valence-electron chi connectivity index (χ1n) is 5.55. The van der Waals surface area contributed by atoms with E-state index >= 15 is 0 Å². The van der Waals surface area contributed by atoms with Gasteiger partial charge in [-0.3, -0.25) is 0 Å². The fourth-order valence-electron chi connectivity index (χ4n) is 1.67. The molecular formula is C12H15FN4. The first kappa shape index (κ1) is 11.6. The lowest BCUT2D eigenvalue weighted by Crippen LogP contribution is -2.22. The number of anilines is 1. The SMILES string of the molecule is CN(CCCn1ccnc1)c1ncccc1F. The Morgan fingerprint density at radius 3 is 3.00 bits per heavy atom. The van der Waals surface area contributed by atoms with E-state index in [1.165, 1.54) is 6.07 Å². The molecule has 0 radical (unpaired) electrons. The van der Waals surface area contributed by atoms with Crippen LogP contribution in [0.4, 0.5) is 10.2 Å². The number of hydrogen-bond acceptors (Lipinski definition) is 3. The number of halogens is 1. The minimum absolute atomic E-state index is 0.280. The molecular weight excluding hydrogens is 219 g/mol. The van der Waals surface area contributed by atoms with Crippen molar-refractivity contribution in [1.29, 1.82) is 0 Å². The quantitative estimate of drug-likeness (QED) is 0.793. The normalized spacial score (nSPS) is 10.5. The highest BCUT2D eigenvalue weighted by Gasteiger charge is 2.07. The molecule has 2 rings (SSSR count). The molecule has 0 bridgehead atoms. The molecule has 0 aromatic carbocycles. The van der Waals surface area contributed by atoms with Crippen molar-refractivity contribution >= 4 is 5.82 Å². The van der Waals surface area contributed by atoms with Gasteiger partial charge in [-0.05, 0) is 18.6 Å². The van der Waals surface area contributed by atoms with Crippen molar-refractivity contribution in [2.75, 3.05) is 18.5 Å². The molecule has 0 spiro atoms. The van der Waals surface area contributed by atoms with E-state index in [0.29, 0.717) is 5.82 Å². The fraction of sp³-hybridized carbons (Fsp3) is 0.333. The van der Waals surface area contributed by atoms with Crippen LogP contribution in [0, 0.1) is 5.82 Å². The van der Waals surface area contributed by atoms with Crippen molar-refractivity contribution in [3.8, 4) is 0 Å². The van der Waals surface area contributed by atoms with Crippen LogP contribution >= 0.6 is 0 Å². The zero-order valence-corrected chi connectivity index (χ0v) is 9.75. The molecule has 0 aliphatic heterocycles. The molecule has 0 saturated carbocycles. The summed E-state index contributed by atoms with van der Waals surface area (Å²) in [4.78, 5) is 9.82. The Hall–Kier alpha value is -1.91. The van der Waals surface area contributed by atoms with E-state index in [9.17, 15) is 4.39 Å². The van der Waals surface area contributed by atoms with Crippen molar-refractivity contribution in [3.63, 3.8) is 0 Å². The van der Waals surface area contributed by atoms with Gasteiger partial charge in [0.25, 0.3) is 0 Å². The van der Waals surface area contributed by atoms with Crippen molar-refractivity contribution in [1.82, 2.24) is 14.5 Å². The lowest BCUT2D eigenvalue weighted by molar-refractivity contribution is 0.599. The van der Waals surface area contributed by atoms with Crippen LogP contribution in [0.25, 0.3) is 0 Å². The predicted octanol–water partition coefficient (Wildman–Crippen LogP) is 1.94. The summed E-state index contributed by atoms with van der Waals surface area (Å²) >= 11 is 0. The molecule has 90 valence electrons. The van der Waals surface area contributed by atoms with Gasteiger partial charge in [0.1, 0.15) is 0 Å². The van der Waals surface area contributed by atoms with Gasteiger partial charge in [0.2, 0.25) is 0 Å². The van der Waals surface area contributed by atoms with Crippen LogP contribution in [0.2, 0.25) is 0 Å². The molecule has 0 aliphatic rings. The molecule has 0 N–H and O–H groups in total. The smallest absolute Gasteiger partial charge is 0.165 e. The summed E-state index contributed by atoms with van der Waals surface area (Å²) in [5.74, 6) is 0.121. The molecule has 2 aromatic heterocycles. The van der Waals surface area contributed by atoms with Gasteiger partial charge in [-0.1, -0.05) is 0 Å². The van der Waals surface area contributed by atoms with Crippen LogP contribution in [-0.4, -0.2) is 28.1 Å². The fourth-order valence-corrected chi connectivity index (χ4v) is 1.67. The largest absolute Gasteiger partial charge is 0.357 e. The van der Waals surface area contributed by atoms with Gasteiger partial charge >= 0.3 is 0 Å². The monoisotopic (exact) mass is 234 g/mol. The molecule has 4 nitrogen and oxygen atoms in total. The Labute approximate surface area is 99.7 Å². The van der Waals surface area contributed by atoms with Crippen LogP contribution in [0.3, 0.4) is 0 Å². The molecule has 0 aliphatic carbocycles. The average Bonchev–Trinajstić information content (AvgIpc) is 2.82. The predicted molar refractivity (Wildman–Crippen MR) is 64.3 cm³/mol. The summed E-state index contributed by atoms with van der Waals surface area (Å²) in [5, 5.41) is 0. The molecule has 0 atom stereocenters. The van der Waals surface area contributed by atoms with E-state index in [2.05, 4.69) is 9.97 Å². The second-order valence-electron chi connectivity index (χ2n) is 3.88. The maximum absolute atomic E-state index is 13.4. The Bertz CT molecular complexity index is 455. The Kier molecular flexibility index (Phi) is 3.69. The number of hydrogen-bond donors (Lipinski definition) is 0. The summed E-state index contributed by atoms with van der Waals surface area (Å²) < 4.78 is 15.4. The Morgan fingerprint density at radius 2 is 2.29 bits per heavy atom. The zero-order chi connectivity index (χ0) is 12.1. The highest BCUT2D eigenvalue weighted by atomic mass is 19.1. The molecule has 5 heteroatoms. The lowest BCUT2D eigenvalue weighted by Gasteiger charge is -2.18. The number of imidazole rings is 1. The lowest BCUT2D eigenvalue weighted by atomic mass is 10.3. The topological polar surface area (TPSA) is 34.0 Å². The number of nitrogens with zero attached hydrogens (tertiary/aromatic N) is 4. The molecule has 0 unspecified atom stereocenters. The van der Waals surface area contributed by atoms with Crippen molar-refractivity contribution in [2.24, 2.45) is 0 Å².